The minimum absolute atomic E-state index is 0.0702. The van der Waals surface area contributed by atoms with Gasteiger partial charge in [0.25, 0.3) is 0 Å². The van der Waals surface area contributed by atoms with E-state index >= 15 is 0 Å². The lowest BCUT2D eigenvalue weighted by atomic mass is 9.72. The number of carbonyl (C=O) groups is 2. The topological polar surface area (TPSA) is 69.6 Å². The van der Waals surface area contributed by atoms with E-state index in [1.54, 1.807) is 17.0 Å². The van der Waals surface area contributed by atoms with Crippen molar-refractivity contribution < 1.29 is 19.1 Å². The van der Waals surface area contributed by atoms with Crippen molar-refractivity contribution in [1.29, 1.82) is 0 Å². The third-order valence-corrected chi connectivity index (χ3v) is 7.84. The van der Waals surface area contributed by atoms with E-state index in [1.807, 2.05) is 60.7 Å². The zero-order valence-corrected chi connectivity index (χ0v) is 21.1. The summed E-state index contributed by atoms with van der Waals surface area (Å²) in [6.07, 6.45) is 1.26. The molecule has 0 aromatic heterocycles. The van der Waals surface area contributed by atoms with Gasteiger partial charge in [-0.2, -0.15) is 0 Å². The number of nitrogens with zero attached hydrogens (tertiary/aromatic N) is 1. The second-order valence-corrected chi connectivity index (χ2v) is 10.2. The number of aliphatic hydroxyl groups is 1. The van der Waals surface area contributed by atoms with Crippen molar-refractivity contribution in [3.63, 3.8) is 0 Å². The molecule has 1 fully saturated rings. The van der Waals surface area contributed by atoms with Crippen LogP contribution in [-0.4, -0.2) is 46.7 Å². The summed E-state index contributed by atoms with van der Waals surface area (Å²) in [6.45, 7) is 2.38. The van der Waals surface area contributed by atoms with Crippen molar-refractivity contribution in [2.75, 3.05) is 18.8 Å². The number of hydrogen-bond donors (Lipinski definition) is 2. The zero-order chi connectivity index (χ0) is 25.5. The molecule has 1 aliphatic heterocycles. The van der Waals surface area contributed by atoms with E-state index in [4.69, 9.17) is 0 Å². The maximum absolute atomic E-state index is 13.4. The van der Waals surface area contributed by atoms with Crippen LogP contribution in [0.1, 0.15) is 30.9 Å². The first-order chi connectivity index (χ1) is 17.4. The zero-order valence-electron chi connectivity index (χ0n) is 20.3. The highest BCUT2D eigenvalue weighted by Gasteiger charge is 2.42. The van der Waals surface area contributed by atoms with Gasteiger partial charge in [-0.25, -0.2) is 4.39 Å². The van der Waals surface area contributed by atoms with E-state index in [9.17, 15) is 19.1 Å². The van der Waals surface area contributed by atoms with E-state index in [0.717, 1.165) is 16.0 Å². The van der Waals surface area contributed by atoms with Crippen LogP contribution in [0.15, 0.2) is 89.8 Å². The molecule has 1 heterocycles. The third-order valence-electron chi connectivity index (χ3n) is 6.73. The molecule has 7 heteroatoms. The lowest BCUT2D eigenvalue weighted by molar-refractivity contribution is -0.137. The van der Waals surface area contributed by atoms with E-state index < -0.39 is 11.6 Å². The molecule has 4 rings (SSSR count). The smallest absolute Gasteiger partial charge is 0.246 e. The Morgan fingerprint density at radius 3 is 2.00 bits per heavy atom. The Morgan fingerprint density at radius 1 is 0.972 bits per heavy atom. The summed E-state index contributed by atoms with van der Waals surface area (Å²) >= 11 is 1.40. The van der Waals surface area contributed by atoms with Crippen LogP contribution >= 0.6 is 11.8 Å². The van der Waals surface area contributed by atoms with E-state index in [0.29, 0.717) is 31.7 Å². The Morgan fingerprint density at radius 2 is 1.50 bits per heavy atom. The normalized spacial score (nSPS) is 15.4. The number of piperidine rings is 1. The summed E-state index contributed by atoms with van der Waals surface area (Å²) in [6, 6.07) is 24.8. The fourth-order valence-electron chi connectivity index (χ4n) is 4.89. The SMILES string of the molecule is CC(=O)NC(CSc1ccc(F)cc1)C(=O)N1CCC(C(O)(c2ccccc2)c2ccccc2)CC1. The van der Waals surface area contributed by atoms with E-state index in [2.05, 4.69) is 5.32 Å². The molecule has 188 valence electrons. The van der Waals surface area contributed by atoms with Crippen LogP contribution < -0.4 is 5.32 Å². The fraction of sp³-hybridized carbons (Fsp3) is 0.310. The molecule has 0 radical (unpaired) electrons. The fourth-order valence-corrected chi connectivity index (χ4v) is 5.80. The van der Waals surface area contributed by atoms with Crippen LogP contribution in [0.25, 0.3) is 0 Å². The Bertz CT molecular complexity index is 1110. The monoisotopic (exact) mass is 506 g/mol. The second-order valence-electron chi connectivity index (χ2n) is 9.12. The average molecular weight is 507 g/mol. The third kappa shape index (κ3) is 5.97. The summed E-state index contributed by atoms with van der Waals surface area (Å²) in [5, 5.41) is 14.8. The van der Waals surface area contributed by atoms with Crippen molar-refractivity contribution in [2.45, 2.75) is 36.3 Å². The Hall–Kier alpha value is -3.16. The highest BCUT2D eigenvalue weighted by atomic mass is 32.2. The number of likely N-dealkylation sites (tertiary alicyclic amines) is 1. The quantitative estimate of drug-likeness (QED) is 0.438. The minimum atomic E-state index is -1.16. The number of benzene rings is 3. The molecule has 3 aromatic carbocycles. The van der Waals surface area contributed by atoms with Crippen molar-refractivity contribution in [3.05, 3.63) is 102 Å². The molecular weight excluding hydrogens is 475 g/mol. The predicted molar refractivity (Wildman–Crippen MR) is 140 cm³/mol. The largest absolute Gasteiger partial charge is 0.380 e. The summed E-state index contributed by atoms with van der Waals surface area (Å²) in [5.41, 5.74) is 0.522. The maximum atomic E-state index is 13.4. The van der Waals surface area contributed by atoms with Gasteiger partial charge in [0.05, 0.1) is 0 Å². The van der Waals surface area contributed by atoms with Gasteiger partial charge in [-0.1, -0.05) is 60.7 Å². The van der Waals surface area contributed by atoms with E-state index in [1.165, 1.54) is 30.8 Å². The molecule has 1 atom stereocenters. The molecule has 36 heavy (non-hydrogen) atoms. The number of amides is 2. The molecule has 1 saturated heterocycles. The Kier molecular flexibility index (Phi) is 8.44. The summed E-state index contributed by atoms with van der Waals surface area (Å²) in [7, 11) is 0. The predicted octanol–water partition coefficient (Wildman–Crippen LogP) is 4.60. The number of carbonyl (C=O) groups excluding carboxylic acids is 2. The standard InChI is InChI=1S/C29H31FN2O3S/c1-21(33)31-27(20-36-26-14-12-25(30)13-15-26)28(34)32-18-16-24(17-19-32)29(35,22-8-4-2-5-9-22)23-10-6-3-7-11-23/h2-15,24,27,35H,16-20H2,1H3,(H,31,33). The summed E-state index contributed by atoms with van der Waals surface area (Å²) in [4.78, 5) is 27.8. The van der Waals surface area contributed by atoms with Gasteiger partial charge < -0.3 is 15.3 Å². The van der Waals surface area contributed by atoms with Crippen molar-refractivity contribution >= 4 is 23.6 Å². The molecule has 3 aromatic rings. The average Bonchev–Trinajstić information content (AvgIpc) is 2.92. The first-order valence-electron chi connectivity index (χ1n) is 12.2. The highest BCUT2D eigenvalue weighted by molar-refractivity contribution is 7.99. The van der Waals surface area contributed by atoms with Crippen molar-refractivity contribution in [3.8, 4) is 0 Å². The van der Waals surface area contributed by atoms with Gasteiger partial charge in [0, 0.05) is 30.7 Å². The molecule has 1 unspecified atom stereocenters. The lowest BCUT2D eigenvalue weighted by Gasteiger charge is -2.43. The molecule has 0 spiro atoms. The minimum Gasteiger partial charge on any atom is -0.380 e. The molecule has 1 aliphatic rings. The second kappa shape index (κ2) is 11.7. The van der Waals surface area contributed by atoms with Crippen LogP contribution in [0.4, 0.5) is 4.39 Å². The van der Waals surface area contributed by atoms with Gasteiger partial charge in [0.2, 0.25) is 11.8 Å². The van der Waals surface area contributed by atoms with Crippen LogP contribution in [0.5, 0.6) is 0 Å². The van der Waals surface area contributed by atoms with Gasteiger partial charge in [0.1, 0.15) is 17.5 Å². The molecule has 2 amide bonds. The number of halogens is 1. The summed E-state index contributed by atoms with van der Waals surface area (Å²) < 4.78 is 13.2. The molecule has 5 nitrogen and oxygen atoms in total. The van der Waals surface area contributed by atoms with Crippen molar-refractivity contribution in [2.24, 2.45) is 5.92 Å². The molecule has 0 aliphatic carbocycles. The van der Waals surface area contributed by atoms with Crippen LogP contribution in [0.2, 0.25) is 0 Å². The lowest BCUT2D eigenvalue weighted by Crippen LogP contribution is -2.53. The van der Waals surface area contributed by atoms with Gasteiger partial charge in [0.15, 0.2) is 0 Å². The van der Waals surface area contributed by atoms with Crippen LogP contribution in [-0.2, 0) is 15.2 Å². The van der Waals surface area contributed by atoms with Crippen LogP contribution in [0.3, 0.4) is 0 Å². The molecule has 0 bridgehead atoms. The number of thioether (sulfide) groups is 1. The van der Waals surface area contributed by atoms with Crippen LogP contribution in [0, 0.1) is 11.7 Å². The van der Waals surface area contributed by atoms with Gasteiger partial charge in [-0.3, -0.25) is 9.59 Å². The number of rotatable bonds is 8. The van der Waals surface area contributed by atoms with Crippen molar-refractivity contribution in [1.82, 2.24) is 10.2 Å². The van der Waals surface area contributed by atoms with Gasteiger partial charge in [-0.05, 0) is 54.2 Å². The maximum Gasteiger partial charge on any atom is 0.246 e. The first kappa shape index (κ1) is 25.9. The van der Waals surface area contributed by atoms with Gasteiger partial charge >= 0.3 is 0 Å². The number of hydrogen-bond acceptors (Lipinski definition) is 4. The van der Waals surface area contributed by atoms with Gasteiger partial charge in [-0.15, -0.1) is 11.8 Å². The highest BCUT2D eigenvalue weighted by Crippen LogP contribution is 2.42. The van der Waals surface area contributed by atoms with E-state index in [-0.39, 0.29) is 23.5 Å². The summed E-state index contributed by atoms with van der Waals surface area (Å²) in [5.74, 6) is -0.449. The molecule has 2 N–H and O–H groups in total. The Labute approximate surface area is 215 Å². The number of nitrogens with one attached hydrogen (secondary N) is 1. The molecular formula is C29H31FN2O3S. The first-order valence-corrected chi connectivity index (χ1v) is 13.1. The Balaban J connectivity index is 1.46. The molecule has 0 saturated carbocycles.